The number of aliphatic hydroxyl groups excluding tert-OH is 1. The molecule has 86 valence electrons. The Balaban J connectivity index is 1.99. The van der Waals surface area contributed by atoms with Gasteiger partial charge in [-0.15, -0.1) is 0 Å². The van der Waals surface area contributed by atoms with E-state index in [4.69, 9.17) is 11.6 Å². The first kappa shape index (κ1) is 11.7. The van der Waals surface area contributed by atoms with Crippen molar-refractivity contribution in [1.82, 2.24) is 0 Å². The van der Waals surface area contributed by atoms with Crippen molar-refractivity contribution >= 4 is 11.6 Å². The molecule has 16 heavy (non-hydrogen) atoms. The number of aliphatic hydroxyl groups is 1. The summed E-state index contributed by atoms with van der Waals surface area (Å²) in [5.41, 5.74) is 1.05. The van der Waals surface area contributed by atoms with Crippen LogP contribution in [-0.4, -0.2) is 11.2 Å². The molecule has 2 rings (SSSR count). The number of hydrogen-bond acceptors (Lipinski definition) is 1. The minimum absolute atomic E-state index is 0.273. The Hall–Kier alpha value is -0.790. The third-order valence-electron chi connectivity index (χ3n) is 3.24. The minimum atomic E-state index is -0.273. The highest BCUT2D eigenvalue weighted by Crippen LogP contribution is 2.25. The minimum Gasteiger partial charge on any atom is -0.392 e. The molecule has 0 saturated heterocycles. The van der Waals surface area contributed by atoms with Crippen LogP contribution in [0.1, 0.15) is 24.8 Å². The van der Waals surface area contributed by atoms with Gasteiger partial charge in [0.05, 0.1) is 6.10 Å². The fraction of sp³-hybridized carbons (Fsp3) is 0.429. The Labute approximate surface area is 102 Å². The molecule has 0 fully saturated rings. The molecule has 0 amide bonds. The predicted molar refractivity (Wildman–Crippen MR) is 67.6 cm³/mol. The molecule has 1 nitrogen and oxygen atoms in total. The maximum Gasteiger partial charge on any atom is 0.0612 e. The van der Waals surface area contributed by atoms with E-state index in [1.165, 1.54) is 0 Å². The van der Waals surface area contributed by atoms with Crippen molar-refractivity contribution in [2.75, 3.05) is 0 Å². The zero-order chi connectivity index (χ0) is 11.4. The Morgan fingerprint density at radius 2 is 2.12 bits per heavy atom. The van der Waals surface area contributed by atoms with E-state index in [1.807, 2.05) is 24.3 Å². The first-order valence-electron chi connectivity index (χ1n) is 5.84. The van der Waals surface area contributed by atoms with E-state index >= 15 is 0 Å². The summed E-state index contributed by atoms with van der Waals surface area (Å²) in [5.74, 6) is 0.390. The zero-order valence-electron chi connectivity index (χ0n) is 9.27. The molecular formula is C14H17ClO. The first-order valence-corrected chi connectivity index (χ1v) is 6.21. The standard InChI is InChI=1S/C14H17ClO/c15-13-9-5-4-8-12(13)10-14(16)11-6-2-1-3-7-11/h1-2,4-5,8-9,11,14,16H,3,6-7,10H2. The molecular weight excluding hydrogens is 220 g/mol. The third-order valence-corrected chi connectivity index (χ3v) is 3.61. The molecule has 0 bridgehead atoms. The Bertz CT molecular complexity index is 373. The predicted octanol–water partition coefficient (Wildman–Crippen LogP) is 3.60. The quantitative estimate of drug-likeness (QED) is 0.796. The highest BCUT2D eigenvalue weighted by molar-refractivity contribution is 6.31. The van der Waals surface area contributed by atoms with Crippen molar-refractivity contribution in [2.45, 2.75) is 31.8 Å². The van der Waals surface area contributed by atoms with Gasteiger partial charge in [-0.25, -0.2) is 0 Å². The summed E-state index contributed by atoms with van der Waals surface area (Å²) in [5, 5.41) is 10.9. The van der Waals surface area contributed by atoms with Gasteiger partial charge in [-0.2, -0.15) is 0 Å². The van der Waals surface area contributed by atoms with Crippen LogP contribution < -0.4 is 0 Å². The average molecular weight is 237 g/mol. The molecule has 1 aliphatic rings. The summed E-state index contributed by atoms with van der Waals surface area (Å²) in [4.78, 5) is 0. The van der Waals surface area contributed by atoms with E-state index in [0.717, 1.165) is 29.8 Å². The Morgan fingerprint density at radius 1 is 1.31 bits per heavy atom. The number of allylic oxidation sites excluding steroid dienone is 2. The number of rotatable bonds is 3. The lowest BCUT2D eigenvalue weighted by molar-refractivity contribution is 0.102. The molecule has 2 atom stereocenters. The lowest BCUT2D eigenvalue weighted by Gasteiger charge is -2.24. The summed E-state index contributed by atoms with van der Waals surface area (Å²) < 4.78 is 0. The lowest BCUT2D eigenvalue weighted by Crippen LogP contribution is -2.23. The molecule has 1 aromatic carbocycles. The van der Waals surface area contributed by atoms with Gasteiger partial charge in [0.25, 0.3) is 0 Å². The summed E-state index contributed by atoms with van der Waals surface area (Å²) in [6, 6.07) is 7.75. The molecule has 1 aliphatic carbocycles. The normalized spacial score (nSPS) is 22.0. The topological polar surface area (TPSA) is 20.2 Å². The van der Waals surface area contributed by atoms with Gasteiger partial charge in [0.2, 0.25) is 0 Å². The second-order valence-electron chi connectivity index (χ2n) is 4.41. The van der Waals surface area contributed by atoms with Crippen LogP contribution in [0.5, 0.6) is 0 Å². The van der Waals surface area contributed by atoms with E-state index in [9.17, 15) is 5.11 Å². The number of halogens is 1. The van der Waals surface area contributed by atoms with Crippen LogP contribution in [0.15, 0.2) is 36.4 Å². The summed E-state index contributed by atoms with van der Waals surface area (Å²) in [6.07, 6.45) is 7.92. The van der Waals surface area contributed by atoms with Gasteiger partial charge in [0, 0.05) is 11.4 Å². The fourth-order valence-electron chi connectivity index (χ4n) is 2.22. The molecule has 2 unspecified atom stereocenters. The van der Waals surface area contributed by atoms with Gasteiger partial charge < -0.3 is 5.11 Å². The fourth-order valence-corrected chi connectivity index (χ4v) is 2.44. The third kappa shape index (κ3) is 2.87. The van der Waals surface area contributed by atoms with Crippen LogP contribution in [0.4, 0.5) is 0 Å². The van der Waals surface area contributed by atoms with Crippen molar-refractivity contribution in [3.8, 4) is 0 Å². The monoisotopic (exact) mass is 236 g/mol. The molecule has 0 radical (unpaired) electrons. The second-order valence-corrected chi connectivity index (χ2v) is 4.81. The maximum absolute atomic E-state index is 10.2. The average Bonchev–Trinajstić information content (AvgIpc) is 2.33. The van der Waals surface area contributed by atoms with Crippen LogP contribution in [0, 0.1) is 5.92 Å². The maximum atomic E-state index is 10.2. The van der Waals surface area contributed by atoms with E-state index in [1.54, 1.807) is 0 Å². The Morgan fingerprint density at radius 3 is 2.81 bits per heavy atom. The van der Waals surface area contributed by atoms with Crippen molar-refractivity contribution in [3.63, 3.8) is 0 Å². The van der Waals surface area contributed by atoms with Crippen molar-refractivity contribution < 1.29 is 5.11 Å². The SMILES string of the molecule is OC(Cc1ccccc1Cl)C1CC=CCC1. The summed E-state index contributed by atoms with van der Waals surface area (Å²) in [7, 11) is 0. The summed E-state index contributed by atoms with van der Waals surface area (Å²) in [6.45, 7) is 0. The zero-order valence-corrected chi connectivity index (χ0v) is 10.0. The van der Waals surface area contributed by atoms with Crippen molar-refractivity contribution in [2.24, 2.45) is 5.92 Å². The molecule has 1 aromatic rings. The van der Waals surface area contributed by atoms with Crippen LogP contribution >= 0.6 is 11.6 Å². The van der Waals surface area contributed by atoms with E-state index in [2.05, 4.69) is 12.2 Å². The van der Waals surface area contributed by atoms with Gasteiger partial charge in [0.15, 0.2) is 0 Å². The van der Waals surface area contributed by atoms with E-state index in [-0.39, 0.29) is 6.10 Å². The lowest BCUT2D eigenvalue weighted by atomic mass is 9.86. The highest BCUT2D eigenvalue weighted by atomic mass is 35.5. The second kappa shape index (κ2) is 5.51. The van der Waals surface area contributed by atoms with Crippen LogP contribution in [-0.2, 0) is 6.42 Å². The number of benzene rings is 1. The van der Waals surface area contributed by atoms with Gasteiger partial charge in [-0.05, 0) is 36.8 Å². The molecule has 0 saturated carbocycles. The van der Waals surface area contributed by atoms with E-state index < -0.39 is 0 Å². The largest absolute Gasteiger partial charge is 0.392 e. The summed E-state index contributed by atoms with van der Waals surface area (Å²) >= 11 is 6.08. The highest BCUT2D eigenvalue weighted by Gasteiger charge is 2.20. The van der Waals surface area contributed by atoms with Crippen LogP contribution in [0.25, 0.3) is 0 Å². The molecule has 0 aliphatic heterocycles. The first-order chi connectivity index (χ1) is 7.77. The van der Waals surface area contributed by atoms with Gasteiger partial charge in [0.1, 0.15) is 0 Å². The molecule has 0 spiro atoms. The van der Waals surface area contributed by atoms with Gasteiger partial charge in [-0.1, -0.05) is 42.0 Å². The van der Waals surface area contributed by atoms with Gasteiger partial charge >= 0.3 is 0 Å². The Kier molecular flexibility index (Phi) is 4.03. The van der Waals surface area contributed by atoms with Crippen LogP contribution in [0.3, 0.4) is 0 Å². The van der Waals surface area contributed by atoms with Crippen molar-refractivity contribution in [1.29, 1.82) is 0 Å². The van der Waals surface area contributed by atoms with E-state index in [0.29, 0.717) is 12.3 Å². The molecule has 1 N–H and O–H groups in total. The number of hydrogen-bond donors (Lipinski definition) is 1. The van der Waals surface area contributed by atoms with Gasteiger partial charge in [-0.3, -0.25) is 0 Å². The molecule has 0 aromatic heterocycles. The van der Waals surface area contributed by atoms with Crippen LogP contribution in [0.2, 0.25) is 5.02 Å². The van der Waals surface area contributed by atoms with Crippen molar-refractivity contribution in [3.05, 3.63) is 47.0 Å². The molecule has 0 heterocycles. The smallest absolute Gasteiger partial charge is 0.0612 e. The molecule has 2 heteroatoms.